The normalized spacial score (nSPS) is 23.9. The van der Waals surface area contributed by atoms with Crippen molar-refractivity contribution in [3.05, 3.63) is 58.6 Å². The van der Waals surface area contributed by atoms with Crippen molar-refractivity contribution in [1.82, 2.24) is 4.90 Å². The summed E-state index contributed by atoms with van der Waals surface area (Å²) in [7, 11) is 0. The van der Waals surface area contributed by atoms with Crippen LogP contribution >= 0.6 is 11.6 Å². The van der Waals surface area contributed by atoms with Crippen LogP contribution in [0.5, 0.6) is 0 Å². The van der Waals surface area contributed by atoms with Crippen LogP contribution in [0.3, 0.4) is 0 Å². The highest BCUT2D eigenvalue weighted by Crippen LogP contribution is 2.37. The van der Waals surface area contributed by atoms with Gasteiger partial charge in [0.15, 0.2) is 11.6 Å². The van der Waals surface area contributed by atoms with Crippen molar-refractivity contribution in [3.8, 4) is 0 Å². The maximum absolute atomic E-state index is 6.27. The number of aryl methyl sites for hydroxylation is 1. The lowest BCUT2D eigenvalue weighted by Crippen LogP contribution is -2.38. The second-order valence-electron chi connectivity index (χ2n) is 7.87. The molecule has 0 aromatic heterocycles. The fraction of sp³-hybridized carbons (Fsp3) is 0.560. The van der Waals surface area contributed by atoms with Crippen molar-refractivity contribution in [3.63, 3.8) is 0 Å². The van der Waals surface area contributed by atoms with Crippen molar-refractivity contribution >= 4 is 18.3 Å². The quantitative estimate of drug-likeness (QED) is 0.454. The highest BCUT2D eigenvalue weighted by molar-refractivity contribution is 6.30. The summed E-state index contributed by atoms with van der Waals surface area (Å²) in [6.07, 6.45) is 6.50. The van der Waals surface area contributed by atoms with E-state index < -0.39 is 0 Å². The summed E-state index contributed by atoms with van der Waals surface area (Å²) < 4.78 is 6.13. The molecule has 1 heterocycles. The van der Waals surface area contributed by atoms with Crippen LogP contribution in [0.15, 0.2) is 47.4 Å². The van der Waals surface area contributed by atoms with E-state index >= 15 is 0 Å². The number of hydrogen-bond acceptors (Lipinski definition) is 3. The van der Waals surface area contributed by atoms with E-state index in [0.29, 0.717) is 12.5 Å². The van der Waals surface area contributed by atoms with Crippen molar-refractivity contribution in [2.75, 3.05) is 19.7 Å². The van der Waals surface area contributed by atoms with E-state index in [2.05, 4.69) is 49.2 Å². The molecule has 0 spiro atoms. The molecule has 0 radical (unpaired) electrons. The van der Waals surface area contributed by atoms with Gasteiger partial charge in [0.05, 0.1) is 6.61 Å². The maximum Gasteiger partial charge on any atom is 0.170 e. The lowest BCUT2D eigenvalue weighted by Gasteiger charge is -2.39. The first-order chi connectivity index (χ1) is 14.1. The Hall–Kier alpha value is -1.74. The van der Waals surface area contributed by atoms with Crippen molar-refractivity contribution in [2.45, 2.75) is 59.3 Å². The highest BCUT2D eigenvalue weighted by Gasteiger charge is 2.33. The van der Waals surface area contributed by atoms with Crippen LogP contribution in [-0.2, 0) is 11.2 Å². The summed E-state index contributed by atoms with van der Waals surface area (Å²) >= 11 is 6.27. The second-order valence-corrected chi connectivity index (χ2v) is 8.31. The van der Waals surface area contributed by atoms with Crippen LogP contribution in [-0.4, -0.2) is 31.3 Å². The smallest absolute Gasteiger partial charge is 0.170 e. The molecule has 1 aromatic rings. The number of aliphatic imine (C=N–C) groups is 1. The van der Waals surface area contributed by atoms with Crippen LogP contribution in [0.2, 0.25) is 5.02 Å². The molecule has 3 rings (SSSR count). The number of rotatable bonds is 7. The molecule has 29 heavy (non-hydrogen) atoms. The van der Waals surface area contributed by atoms with Gasteiger partial charge in [0.1, 0.15) is 0 Å². The Morgan fingerprint density at radius 3 is 2.62 bits per heavy atom. The van der Waals surface area contributed by atoms with E-state index in [1.54, 1.807) is 6.08 Å². The highest BCUT2D eigenvalue weighted by atomic mass is 35.5. The molecule has 1 aliphatic heterocycles. The van der Waals surface area contributed by atoms with Crippen molar-refractivity contribution in [1.29, 1.82) is 0 Å². The molecule has 0 N–H and O–H groups in total. The predicted octanol–water partition coefficient (Wildman–Crippen LogP) is 6.84. The molecule has 1 aliphatic carbocycles. The minimum Gasteiger partial charge on any atom is -0.489 e. The van der Waals surface area contributed by atoms with Crippen molar-refractivity contribution in [2.24, 2.45) is 16.8 Å². The van der Waals surface area contributed by atoms with E-state index in [1.807, 2.05) is 19.9 Å². The predicted molar refractivity (Wildman–Crippen MR) is 126 cm³/mol. The third-order valence-corrected chi connectivity index (χ3v) is 6.29. The van der Waals surface area contributed by atoms with Crippen LogP contribution in [0.25, 0.3) is 0 Å². The number of nitrogens with zero attached hydrogens (tertiary/aromatic N) is 2. The van der Waals surface area contributed by atoms with Gasteiger partial charge in [0.25, 0.3) is 0 Å². The molecule has 3 atom stereocenters. The first kappa shape index (κ1) is 23.5. The maximum atomic E-state index is 6.27. The fourth-order valence-corrected chi connectivity index (χ4v) is 4.44. The lowest BCUT2D eigenvalue weighted by atomic mass is 9.74. The first-order valence-corrected chi connectivity index (χ1v) is 11.4. The molecular weight excluding hydrogens is 380 g/mol. The molecule has 0 bridgehead atoms. The molecule has 1 fully saturated rings. The van der Waals surface area contributed by atoms with Gasteiger partial charge in [-0.25, -0.2) is 4.99 Å². The molecule has 3 unspecified atom stereocenters. The Kier molecular flexibility index (Phi) is 9.29. The summed E-state index contributed by atoms with van der Waals surface area (Å²) in [4.78, 5) is 6.68. The lowest BCUT2D eigenvalue weighted by molar-refractivity contribution is 0.136. The van der Waals surface area contributed by atoms with E-state index in [0.717, 1.165) is 48.5 Å². The van der Waals surface area contributed by atoms with Gasteiger partial charge in [-0.15, -0.1) is 0 Å². The average Bonchev–Trinajstić information content (AvgIpc) is 2.91. The van der Waals surface area contributed by atoms with Gasteiger partial charge in [-0.2, -0.15) is 0 Å². The summed E-state index contributed by atoms with van der Waals surface area (Å²) in [6.45, 7) is 18.8. The molecule has 4 heteroatoms. The zero-order valence-corrected chi connectivity index (χ0v) is 19.3. The molecule has 2 aliphatic rings. The van der Waals surface area contributed by atoms with Gasteiger partial charge in [-0.1, -0.05) is 64.8 Å². The molecule has 1 aromatic carbocycles. The minimum absolute atomic E-state index is 0.272. The largest absolute Gasteiger partial charge is 0.489 e. The van der Waals surface area contributed by atoms with Crippen LogP contribution < -0.4 is 0 Å². The molecule has 3 nitrogen and oxygen atoms in total. The molecule has 1 saturated carbocycles. The standard InChI is InChI=1S/C23H31ClN2O.C2H6/c1-5-7-17-12-20(24)10-11-21(17)19-14-26(13-18-9-8-16(18)3)23(25-4)22(6-2)27-15-19;1-2/h6,10-12,16,18-19H,2,4-5,7-9,13-15H2,1,3H3;1-2H3. The van der Waals surface area contributed by atoms with Crippen LogP contribution in [0.4, 0.5) is 0 Å². The SMILES string of the molecule is C=CC1=C(N=C)N(CC2CCC2C)CC(c2ccc(Cl)cc2CCC)CO1.CC. The summed E-state index contributed by atoms with van der Waals surface area (Å²) in [5.74, 6) is 3.33. The zero-order valence-electron chi connectivity index (χ0n) is 18.6. The summed E-state index contributed by atoms with van der Waals surface area (Å²) in [6, 6.07) is 6.28. The van der Waals surface area contributed by atoms with Gasteiger partial charge in [0.2, 0.25) is 0 Å². The Morgan fingerprint density at radius 2 is 2.07 bits per heavy atom. The fourth-order valence-electron chi connectivity index (χ4n) is 4.24. The average molecular weight is 417 g/mol. The number of ether oxygens (including phenoxy) is 1. The third kappa shape index (κ3) is 5.66. The Morgan fingerprint density at radius 1 is 1.31 bits per heavy atom. The monoisotopic (exact) mass is 416 g/mol. The molecule has 0 saturated heterocycles. The van der Waals surface area contributed by atoms with E-state index in [1.165, 1.54) is 24.0 Å². The summed E-state index contributed by atoms with van der Waals surface area (Å²) in [5.41, 5.74) is 2.66. The summed E-state index contributed by atoms with van der Waals surface area (Å²) in [5, 5.41) is 0.801. The molecule has 0 amide bonds. The van der Waals surface area contributed by atoms with Crippen LogP contribution in [0.1, 0.15) is 64.0 Å². The first-order valence-electron chi connectivity index (χ1n) is 11.1. The van der Waals surface area contributed by atoms with Gasteiger partial charge < -0.3 is 9.64 Å². The molecular formula is C25H37ClN2O. The Labute approximate surface area is 182 Å². The van der Waals surface area contributed by atoms with E-state index in [-0.39, 0.29) is 5.92 Å². The zero-order chi connectivity index (χ0) is 21.4. The third-order valence-electron chi connectivity index (χ3n) is 6.05. The minimum atomic E-state index is 0.272. The van der Waals surface area contributed by atoms with Gasteiger partial charge >= 0.3 is 0 Å². The van der Waals surface area contributed by atoms with Crippen LogP contribution in [0, 0.1) is 11.8 Å². The number of halogens is 1. The second kappa shape index (κ2) is 11.4. The van der Waals surface area contributed by atoms with Gasteiger partial charge in [0, 0.05) is 24.0 Å². The Bertz CT molecular complexity index is 728. The van der Waals surface area contributed by atoms with Gasteiger partial charge in [-0.3, -0.25) is 0 Å². The van der Waals surface area contributed by atoms with E-state index in [4.69, 9.17) is 16.3 Å². The Balaban J connectivity index is 0.00000145. The van der Waals surface area contributed by atoms with E-state index in [9.17, 15) is 0 Å². The topological polar surface area (TPSA) is 24.8 Å². The number of allylic oxidation sites excluding steroid dienone is 1. The van der Waals surface area contributed by atoms with Crippen molar-refractivity contribution < 1.29 is 4.74 Å². The molecule has 160 valence electrons. The number of benzene rings is 1. The van der Waals surface area contributed by atoms with Gasteiger partial charge in [-0.05, 0) is 60.7 Å². The number of hydrogen-bond donors (Lipinski definition) is 0.